The van der Waals surface area contributed by atoms with Crippen LogP contribution in [0, 0.1) is 0 Å². The summed E-state index contributed by atoms with van der Waals surface area (Å²) in [6, 6.07) is 73.8. The van der Waals surface area contributed by atoms with Crippen LogP contribution >= 0.6 is 0 Å². The van der Waals surface area contributed by atoms with Crippen LogP contribution < -0.4 is 4.90 Å². The van der Waals surface area contributed by atoms with Gasteiger partial charge in [-0.2, -0.15) is 0 Å². The summed E-state index contributed by atoms with van der Waals surface area (Å²) >= 11 is 0. The first-order chi connectivity index (χ1) is 27.3. The zero-order chi connectivity index (χ0) is 36.3. The van der Waals surface area contributed by atoms with E-state index in [2.05, 4.69) is 204 Å². The Bertz CT molecular complexity index is 3190. The molecule has 2 aromatic heterocycles. The average molecular weight is 703 g/mol. The topological polar surface area (TPSA) is 21.3 Å². The number of para-hydroxylation sites is 3. The Morgan fingerprint density at radius 3 is 1.91 bits per heavy atom. The van der Waals surface area contributed by atoms with Crippen molar-refractivity contribution in [2.24, 2.45) is 0 Å². The molecule has 0 aliphatic rings. The Balaban J connectivity index is 1.15. The second-order valence-corrected chi connectivity index (χ2v) is 14.1. The van der Waals surface area contributed by atoms with Gasteiger partial charge in [-0.05, 0) is 87.6 Å². The Hall–Kier alpha value is -7.36. The van der Waals surface area contributed by atoms with Gasteiger partial charge in [0, 0.05) is 38.6 Å². The van der Waals surface area contributed by atoms with E-state index in [0.717, 1.165) is 44.7 Å². The molecule has 9 aromatic carbocycles. The first kappa shape index (κ1) is 31.2. The van der Waals surface area contributed by atoms with Gasteiger partial charge >= 0.3 is 0 Å². The molecule has 0 saturated carbocycles. The molecule has 3 nitrogen and oxygen atoms in total. The number of hydrogen-bond acceptors (Lipinski definition) is 2. The Kier molecular flexibility index (Phi) is 7.17. The zero-order valence-corrected chi connectivity index (χ0v) is 29.9. The zero-order valence-electron chi connectivity index (χ0n) is 29.9. The molecule has 0 saturated heterocycles. The van der Waals surface area contributed by atoms with Crippen LogP contribution in [0.15, 0.2) is 211 Å². The Morgan fingerprint density at radius 2 is 1.07 bits per heavy atom. The smallest absolute Gasteiger partial charge is 0.159 e. The third-order valence-corrected chi connectivity index (χ3v) is 11.0. The fraction of sp³-hybridized carbons (Fsp3) is 0. The van der Waals surface area contributed by atoms with Crippen molar-refractivity contribution in [2.45, 2.75) is 0 Å². The molecule has 0 spiro atoms. The van der Waals surface area contributed by atoms with Crippen LogP contribution in [-0.2, 0) is 0 Å². The SMILES string of the molecule is c1ccc(-c2ccc(N(c3cccc(-n4c5ccccc5c5c6c(-c7ccccc7)cccc6ccc54)c3)c3cccc4c3oc3ccccc34)cc2)cc1. The second kappa shape index (κ2) is 12.6. The van der Waals surface area contributed by atoms with E-state index in [9.17, 15) is 0 Å². The van der Waals surface area contributed by atoms with Gasteiger partial charge in [-0.3, -0.25) is 0 Å². The van der Waals surface area contributed by atoms with Crippen LogP contribution in [0.4, 0.5) is 17.1 Å². The molecule has 0 N–H and O–H groups in total. The van der Waals surface area contributed by atoms with Crippen molar-refractivity contribution < 1.29 is 4.42 Å². The van der Waals surface area contributed by atoms with Gasteiger partial charge in [0.05, 0.1) is 16.7 Å². The van der Waals surface area contributed by atoms with Crippen molar-refractivity contribution in [2.75, 3.05) is 4.90 Å². The molecule has 0 atom stereocenters. The molecule has 0 aliphatic carbocycles. The van der Waals surface area contributed by atoms with Gasteiger partial charge in [0.25, 0.3) is 0 Å². The fourth-order valence-corrected chi connectivity index (χ4v) is 8.51. The summed E-state index contributed by atoms with van der Waals surface area (Å²) in [6.07, 6.45) is 0. The predicted octanol–water partition coefficient (Wildman–Crippen LogP) is 14.6. The lowest BCUT2D eigenvalue weighted by molar-refractivity contribution is 0.669. The number of fused-ring (bicyclic) bond motifs is 8. The molecule has 0 amide bonds. The number of nitrogens with zero attached hydrogens (tertiary/aromatic N) is 2. The molecule has 0 bridgehead atoms. The van der Waals surface area contributed by atoms with Crippen molar-refractivity contribution in [3.8, 4) is 27.9 Å². The van der Waals surface area contributed by atoms with E-state index < -0.39 is 0 Å². The Labute approximate surface area is 318 Å². The van der Waals surface area contributed by atoms with E-state index in [1.807, 2.05) is 12.1 Å². The number of hydrogen-bond donors (Lipinski definition) is 0. The lowest BCUT2D eigenvalue weighted by Gasteiger charge is -2.26. The van der Waals surface area contributed by atoms with Crippen molar-refractivity contribution in [1.29, 1.82) is 0 Å². The van der Waals surface area contributed by atoms with Crippen LogP contribution in [-0.4, -0.2) is 4.57 Å². The third-order valence-electron chi connectivity index (χ3n) is 11.0. The van der Waals surface area contributed by atoms with Crippen LogP contribution in [0.1, 0.15) is 0 Å². The number of rotatable bonds is 6. The van der Waals surface area contributed by atoms with Gasteiger partial charge in [-0.1, -0.05) is 152 Å². The van der Waals surface area contributed by atoms with Crippen molar-refractivity contribution in [3.05, 3.63) is 206 Å². The van der Waals surface area contributed by atoms with Crippen molar-refractivity contribution >= 4 is 71.6 Å². The van der Waals surface area contributed by atoms with Crippen molar-refractivity contribution in [3.63, 3.8) is 0 Å². The van der Waals surface area contributed by atoms with Gasteiger partial charge in [0.2, 0.25) is 0 Å². The van der Waals surface area contributed by atoms with Crippen molar-refractivity contribution in [1.82, 2.24) is 4.57 Å². The monoisotopic (exact) mass is 702 g/mol. The van der Waals surface area contributed by atoms with Gasteiger partial charge in [-0.25, -0.2) is 0 Å². The summed E-state index contributed by atoms with van der Waals surface area (Å²) in [5, 5.41) is 7.21. The first-order valence-corrected chi connectivity index (χ1v) is 18.8. The molecule has 11 rings (SSSR count). The molecule has 0 aliphatic heterocycles. The predicted molar refractivity (Wildman–Crippen MR) is 231 cm³/mol. The molecule has 2 heterocycles. The Morgan fingerprint density at radius 1 is 0.400 bits per heavy atom. The quantitative estimate of drug-likeness (QED) is 0.172. The van der Waals surface area contributed by atoms with E-state index in [0.29, 0.717) is 0 Å². The van der Waals surface area contributed by atoms with Crippen LogP contribution in [0.3, 0.4) is 0 Å². The van der Waals surface area contributed by atoms with E-state index >= 15 is 0 Å². The first-order valence-electron chi connectivity index (χ1n) is 18.8. The maximum atomic E-state index is 6.66. The van der Waals surface area contributed by atoms with Gasteiger partial charge < -0.3 is 13.9 Å². The number of anilines is 3. The van der Waals surface area contributed by atoms with Crippen LogP contribution in [0.5, 0.6) is 0 Å². The molecule has 0 unspecified atom stereocenters. The molecular weight excluding hydrogens is 669 g/mol. The van der Waals surface area contributed by atoms with Gasteiger partial charge in [0.15, 0.2) is 5.58 Å². The highest BCUT2D eigenvalue weighted by Crippen LogP contribution is 2.45. The molecule has 0 fully saturated rings. The summed E-state index contributed by atoms with van der Waals surface area (Å²) in [4.78, 5) is 2.33. The van der Waals surface area contributed by atoms with Crippen LogP contribution in [0.25, 0.3) is 82.5 Å². The summed E-state index contributed by atoms with van der Waals surface area (Å²) in [7, 11) is 0. The van der Waals surface area contributed by atoms with Crippen LogP contribution in [0.2, 0.25) is 0 Å². The highest BCUT2D eigenvalue weighted by Gasteiger charge is 2.22. The molecule has 3 heteroatoms. The maximum Gasteiger partial charge on any atom is 0.159 e. The highest BCUT2D eigenvalue weighted by atomic mass is 16.3. The summed E-state index contributed by atoms with van der Waals surface area (Å²) in [6.45, 7) is 0. The summed E-state index contributed by atoms with van der Waals surface area (Å²) < 4.78 is 9.08. The lowest BCUT2D eigenvalue weighted by Crippen LogP contribution is -2.11. The average Bonchev–Trinajstić information content (AvgIpc) is 3.81. The lowest BCUT2D eigenvalue weighted by atomic mass is 9.94. The third kappa shape index (κ3) is 5.05. The second-order valence-electron chi connectivity index (χ2n) is 14.1. The summed E-state index contributed by atoms with van der Waals surface area (Å²) in [5.41, 5.74) is 13.1. The van der Waals surface area contributed by atoms with Gasteiger partial charge in [0.1, 0.15) is 5.58 Å². The minimum atomic E-state index is 0.859. The molecule has 55 heavy (non-hydrogen) atoms. The van der Waals surface area contributed by atoms with E-state index in [-0.39, 0.29) is 0 Å². The fourth-order valence-electron chi connectivity index (χ4n) is 8.51. The largest absolute Gasteiger partial charge is 0.454 e. The maximum absolute atomic E-state index is 6.66. The normalized spacial score (nSPS) is 11.6. The minimum Gasteiger partial charge on any atom is -0.454 e. The standard InChI is InChI=1S/C52H34N2O/c1-3-14-35(15-4-1)36-28-31-39(32-29-36)53(48-26-13-24-44-43-21-8-10-27-49(43)55-52(44)48)40-19-12-20-41(34-40)54-46-25-9-7-22-45(46)51-47(54)33-30-38-18-11-23-42(50(38)51)37-16-5-2-6-17-37/h1-34H. The molecule has 258 valence electrons. The number of aromatic nitrogens is 1. The molecule has 0 radical (unpaired) electrons. The molecule has 11 aromatic rings. The summed E-state index contributed by atoms with van der Waals surface area (Å²) in [5.74, 6) is 0. The molecular formula is C52H34N2O. The minimum absolute atomic E-state index is 0.859. The highest BCUT2D eigenvalue weighted by molar-refractivity contribution is 6.25. The van der Waals surface area contributed by atoms with E-state index in [4.69, 9.17) is 4.42 Å². The van der Waals surface area contributed by atoms with E-state index in [1.165, 1.54) is 54.8 Å². The number of benzene rings is 9. The van der Waals surface area contributed by atoms with Gasteiger partial charge in [-0.15, -0.1) is 0 Å². The van der Waals surface area contributed by atoms with E-state index in [1.54, 1.807) is 0 Å². The number of furan rings is 1.